The van der Waals surface area contributed by atoms with Crippen molar-refractivity contribution < 1.29 is 5.11 Å². The molecule has 12 heavy (non-hydrogen) atoms. The van der Waals surface area contributed by atoms with Crippen molar-refractivity contribution in [3.8, 4) is 5.75 Å². The molecule has 0 spiro atoms. The lowest BCUT2D eigenvalue weighted by Gasteiger charge is -1.91. The van der Waals surface area contributed by atoms with Crippen molar-refractivity contribution in [2.75, 3.05) is 0 Å². The normalized spacial score (nSPS) is 10.8. The van der Waals surface area contributed by atoms with Crippen molar-refractivity contribution in [1.29, 1.82) is 0 Å². The first kappa shape index (κ1) is 7.50. The molecule has 0 amide bonds. The smallest absolute Gasteiger partial charge is 0.117 e. The lowest BCUT2D eigenvalue weighted by molar-refractivity contribution is 0.476. The van der Waals surface area contributed by atoms with Gasteiger partial charge in [0.1, 0.15) is 10.9 Å². The van der Waals surface area contributed by atoms with Crippen LogP contribution < -0.4 is 0 Å². The van der Waals surface area contributed by atoms with Crippen molar-refractivity contribution in [1.82, 2.24) is 4.98 Å². The Bertz CT molecular complexity index is 433. The van der Waals surface area contributed by atoms with Gasteiger partial charge >= 0.3 is 0 Å². The molecule has 0 aliphatic heterocycles. The van der Waals surface area contributed by atoms with E-state index in [1.165, 1.54) is 0 Å². The molecular formula is C9H8ClNO. The zero-order valence-electron chi connectivity index (χ0n) is 6.56. The number of halogens is 1. The predicted molar refractivity (Wildman–Crippen MR) is 49.7 cm³/mol. The number of aromatic amines is 1. The summed E-state index contributed by atoms with van der Waals surface area (Å²) in [6, 6.07) is 5.16. The zero-order valence-corrected chi connectivity index (χ0v) is 7.31. The fraction of sp³-hybridized carbons (Fsp3) is 0.111. The van der Waals surface area contributed by atoms with Gasteiger partial charge in [0.05, 0.1) is 5.52 Å². The molecule has 0 aliphatic carbocycles. The number of benzene rings is 1. The molecule has 2 nitrogen and oxygen atoms in total. The molecule has 1 heterocycles. The van der Waals surface area contributed by atoms with E-state index in [2.05, 4.69) is 4.98 Å². The first-order valence-corrected chi connectivity index (χ1v) is 4.03. The topological polar surface area (TPSA) is 36.0 Å². The van der Waals surface area contributed by atoms with E-state index < -0.39 is 0 Å². The van der Waals surface area contributed by atoms with Crippen LogP contribution in [0.1, 0.15) is 5.56 Å². The molecule has 0 saturated heterocycles. The number of aromatic nitrogens is 1. The Morgan fingerprint density at radius 1 is 1.42 bits per heavy atom. The van der Waals surface area contributed by atoms with E-state index in [0.717, 1.165) is 16.5 Å². The van der Waals surface area contributed by atoms with Crippen LogP contribution in [0, 0.1) is 6.92 Å². The molecule has 1 aromatic carbocycles. The van der Waals surface area contributed by atoms with Crippen molar-refractivity contribution in [3.63, 3.8) is 0 Å². The highest BCUT2D eigenvalue weighted by Gasteiger charge is 2.04. The van der Waals surface area contributed by atoms with Crippen LogP contribution in [0.2, 0.25) is 5.15 Å². The standard InChI is InChI=1S/C9H8ClNO/c1-5-7-3-2-6(12)4-8(7)11-9(5)10/h2-4,11-12H,1H3. The number of phenolic OH excluding ortho intramolecular Hbond substituents is 1. The molecule has 0 radical (unpaired) electrons. The van der Waals surface area contributed by atoms with E-state index in [-0.39, 0.29) is 5.75 Å². The molecule has 2 aromatic rings. The van der Waals surface area contributed by atoms with Crippen LogP contribution in [0.25, 0.3) is 10.9 Å². The summed E-state index contributed by atoms with van der Waals surface area (Å²) < 4.78 is 0. The van der Waals surface area contributed by atoms with Crippen molar-refractivity contribution >= 4 is 22.5 Å². The first-order valence-electron chi connectivity index (χ1n) is 3.65. The molecule has 2 N–H and O–H groups in total. The van der Waals surface area contributed by atoms with Gasteiger partial charge in [-0.25, -0.2) is 0 Å². The zero-order chi connectivity index (χ0) is 8.72. The molecule has 0 saturated carbocycles. The average Bonchev–Trinajstić information content (AvgIpc) is 2.28. The Labute approximate surface area is 74.8 Å². The lowest BCUT2D eigenvalue weighted by Crippen LogP contribution is -1.68. The minimum Gasteiger partial charge on any atom is -0.508 e. The number of aryl methyl sites for hydroxylation is 1. The van der Waals surface area contributed by atoms with Gasteiger partial charge in [-0.05, 0) is 24.6 Å². The minimum absolute atomic E-state index is 0.250. The van der Waals surface area contributed by atoms with Crippen molar-refractivity contribution in [2.45, 2.75) is 6.92 Å². The monoisotopic (exact) mass is 181 g/mol. The van der Waals surface area contributed by atoms with E-state index in [4.69, 9.17) is 16.7 Å². The third kappa shape index (κ3) is 0.959. The van der Waals surface area contributed by atoms with Crippen LogP contribution in [0.4, 0.5) is 0 Å². The summed E-state index contributed by atoms with van der Waals surface area (Å²) in [7, 11) is 0. The van der Waals surface area contributed by atoms with E-state index in [1.54, 1.807) is 12.1 Å². The molecule has 0 bridgehead atoms. The molecular weight excluding hydrogens is 174 g/mol. The SMILES string of the molecule is Cc1c(Cl)[nH]c2cc(O)ccc12. The summed E-state index contributed by atoms with van der Waals surface area (Å²) in [6.45, 7) is 1.94. The number of nitrogens with one attached hydrogen (secondary N) is 1. The highest BCUT2D eigenvalue weighted by atomic mass is 35.5. The summed E-state index contributed by atoms with van der Waals surface area (Å²) in [6.07, 6.45) is 0. The molecule has 3 heteroatoms. The van der Waals surface area contributed by atoms with Gasteiger partial charge in [-0.15, -0.1) is 0 Å². The Balaban J connectivity index is 2.87. The highest BCUT2D eigenvalue weighted by Crippen LogP contribution is 2.27. The van der Waals surface area contributed by atoms with Gasteiger partial charge in [-0.1, -0.05) is 11.6 Å². The third-order valence-corrected chi connectivity index (χ3v) is 2.36. The second-order valence-electron chi connectivity index (χ2n) is 2.79. The van der Waals surface area contributed by atoms with Gasteiger partial charge in [0.2, 0.25) is 0 Å². The van der Waals surface area contributed by atoms with Gasteiger partial charge in [0.15, 0.2) is 0 Å². The van der Waals surface area contributed by atoms with Crippen LogP contribution >= 0.6 is 11.6 Å². The molecule has 1 aromatic heterocycles. The average molecular weight is 182 g/mol. The molecule has 0 unspecified atom stereocenters. The summed E-state index contributed by atoms with van der Waals surface area (Å²) in [5, 5.41) is 10.9. The van der Waals surface area contributed by atoms with E-state index in [1.807, 2.05) is 13.0 Å². The van der Waals surface area contributed by atoms with Crippen LogP contribution in [0.3, 0.4) is 0 Å². The van der Waals surface area contributed by atoms with Gasteiger partial charge < -0.3 is 10.1 Å². The molecule has 0 fully saturated rings. The maximum Gasteiger partial charge on any atom is 0.117 e. The lowest BCUT2D eigenvalue weighted by atomic mass is 10.2. The number of fused-ring (bicyclic) bond motifs is 1. The summed E-state index contributed by atoms with van der Waals surface area (Å²) in [4.78, 5) is 2.97. The molecule has 0 aliphatic rings. The number of hydrogen-bond donors (Lipinski definition) is 2. The maximum atomic E-state index is 9.17. The van der Waals surface area contributed by atoms with E-state index >= 15 is 0 Å². The second kappa shape index (κ2) is 2.42. The molecule has 62 valence electrons. The van der Waals surface area contributed by atoms with Crippen molar-refractivity contribution in [2.24, 2.45) is 0 Å². The van der Waals surface area contributed by atoms with Gasteiger partial charge in [-0.2, -0.15) is 0 Å². The van der Waals surface area contributed by atoms with Crippen LogP contribution in [-0.4, -0.2) is 10.1 Å². The fourth-order valence-corrected chi connectivity index (χ4v) is 1.50. The van der Waals surface area contributed by atoms with Crippen LogP contribution in [0.5, 0.6) is 5.75 Å². The first-order chi connectivity index (χ1) is 5.68. The van der Waals surface area contributed by atoms with E-state index in [0.29, 0.717) is 5.15 Å². The number of hydrogen-bond acceptors (Lipinski definition) is 1. The molecule has 2 rings (SSSR count). The number of aromatic hydroxyl groups is 1. The fourth-order valence-electron chi connectivity index (χ4n) is 1.29. The summed E-state index contributed by atoms with van der Waals surface area (Å²) >= 11 is 5.87. The summed E-state index contributed by atoms with van der Waals surface area (Å²) in [5.41, 5.74) is 1.89. The number of rotatable bonds is 0. The van der Waals surface area contributed by atoms with Crippen LogP contribution in [0.15, 0.2) is 18.2 Å². The Kier molecular flexibility index (Phi) is 1.51. The molecule has 0 atom stereocenters. The second-order valence-corrected chi connectivity index (χ2v) is 3.17. The predicted octanol–water partition coefficient (Wildman–Crippen LogP) is 2.84. The van der Waals surface area contributed by atoms with Gasteiger partial charge in [0, 0.05) is 11.5 Å². The Morgan fingerprint density at radius 2 is 2.17 bits per heavy atom. The largest absolute Gasteiger partial charge is 0.508 e. The number of phenols is 1. The number of H-pyrrole nitrogens is 1. The van der Waals surface area contributed by atoms with Gasteiger partial charge in [-0.3, -0.25) is 0 Å². The quantitative estimate of drug-likeness (QED) is 0.644. The maximum absolute atomic E-state index is 9.17. The van der Waals surface area contributed by atoms with Crippen LogP contribution in [-0.2, 0) is 0 Å². The Morgan fingerprint density at radius 3 is 2.92 bits per heavy atom. The third-order valence-electron chi connectivity index (χ3n) is 1.98. The highest BCUT2D eigenvalue weighted by molar-refractivity contribution is 6.31. The Hall–Kier alpha value is -1.15. The van der Waals surface area contributed by atoms with Gasteiger partial charge in [0.25, 0.3) is 0 Å². The summed E-state index contributed by atoms with van der Waals surface area (Å²) in [5.74, 6) is 0.250. The van der Waals surface area contributed by atoms with E-state index in [9.17, 15) is 0 Å². The minimum atomic E-state index is 0.250. The van der Waals surface area contributed by atoms with Crippen molar-refractivity contribution in [3.05, 3.63) is 28.9 Å².